The summed E-state index contributed by atoms with van der Waals surface area (Å²) >= 11 is 0. The maximum atomic E-state index is 12.1. The van der Waals surface area contributed by atoms with Gasteiger partial charge in [-0.25, -0.2) is 0 Å². The molecule has 0 radical (unpaired) electrons. The van der Waals surface area contributed by atoms with E-state index in [0.717, 1.165) is 30.9 Å². The van der Waals surface area contributed by atoms with Crippen LogP contribution in [0.15, 0.2) is 42.6 Å². The van der Waals surface area contributed by atoms with Crippen molar-refractivity contribution in [2.24, 2.45) is 0 Å². The van der Waals surface area contributed by atoms with Crippen LogP contribution in [0, 0.1) is 0 Å². The molecule has 0 aliphatic carbocycles. The van der Waals surface area contributed by atoms with Crippen LogP contribution >= 0.6 is 0 Å². The third-order valence-corrected chi connectivity index (χ3v) is 3.52. The number of hydrogen-bond donors (Lipinski definition) is 1. The number of benzene rings is 1. The molecule has 0 bridgehead atoms. The van der Waals surface area contributed by atoms with Gasteiger partial charge in [0.1, 0.15) is 0 Å². The number of nitrogens with zero attached hydrogens (tertiary/aromatic N) is 2. The minimum atomic E-state index is -0.100. The van der Waals surface area contributed by atoms with Gasteiger partial charge in [-0.3, -0.25) is 9.78 Å². The maximum Gasteiger partial charge on any atom is 0.255 e. The Hall–Kier alpha value is -2.20. The molecule has 2 aromatic rings. The Labute approximate surface area is 118 Å². The molecule has 20 heavy (non-hydrogen) atoms. The van der Waals surface area contributed by atoms with Gasteiger partial charge >= 0.3 is 0 Å². The van der Waals surface area contributed by atoms with Crippen molar-refractivity contribution in [3.8, 4) is 0 Å². The Morgan fingerprint density at radius 3 is 2.90 bits per heavy atom. The predicted octanol–water partition coefficient (Wildman–Crippen LogP) is 2.32. The number of pyridine rings is 1. The average Bonchev–Trinajstić information content (AvgIpc) is 2.47. The summed E-state index contributed by atoms with van der Waals surface area (Å²) in [6.45, 7) is 1.92. The summed E-state index contributed by atoms with van der Waals surface area (Å²) in [5, 5.41) is 2.90. The third-order valence-electron chi connectivity index (χ3n) is 3.52. The van der Waals surface area contributed by atoms with Gasteiger partial charge in [0, 0.05) is 30.8 Å². The Morgan fingerprint density at radius 1 is 1.30 bits per heavy atom. The van der Waals surface area contributed by atoms with Crippen LogP contribution in [0.1, 0.15) is 21.6 Å². The Morgan fingerprint density at radius 2 is 2.10 bits per heavy atom. The van der Waals surface area contributed by atoms with Crippen molar-refractivity contribution in [1.29, 1.82) is 0 Å². The monoisotopic (exact) mass is 267 g/mol. The van der Waals surface area contributed by atoms with Crippen LogP contribution in [-0.4, -0.2) is 29.4 Å². The van der Waals surface area contributed by atoms with E-state index in [4.69, 9.17) is 0 Å². The first-order chi connectivity index (χ1) is 9.72. The second-order valence-electron chi connectivity index (χ2n) is 5.14. The highest BCUT2D eigenvalue weighted by Gasteiger charge is 2.15. The summed E-state index contributed by atoms with van der Waals surface area (Å²) in [6.07, 6.45) is 2.71. The first-order valence-electron chi connectivity index (χ1n) is 6.75. The molecule has 3 rings (SSSR count). The van der Waals surface area contributed by atoms with E-state index < -0.39 is 0 Å². The Bertz CT molecular complexity index is 625. The standard InChI is InChI=1S/C16H17N3O/c1-19-8-7-15-13(11-19)9-14(10-17-15)18-16(20)12-5-3-2-4-6-12/h2-6,9-10H,7-8,11H2,1H3,(H,18,20). The lowest BCUT2D eigenvalue weighted by molar-refractivity contribution is 0.102. The fraction of sp³-hybridized carbons (Fsp3) is 0.250. The molecular weight excluding hydrogens is 250 g/mol. The topological polar surface area (TPSA) is 45.2 Å². The maximum absolute atomic E-state index is 12.1. The molecule has 1 N–H and O–H groups in total. The molecule has 1 aliphatic rings. The van der Waals surface area contributed by atoms with E-state index in [0.29, 0.717) is 5.56 Å². The first-order valence-corrected chi connectivity index (χ1v) is 6.75. The van der Waals surface area contributed by atoms with E-state index in [2.05, 4.69) is 22.2 Å². The number of carbonyl (C=O) groups excluding carboxylic acids is 1. The number of fused-ring (bicyclic) bond motifs is 1. The number of likely N-dealkylation sites (N-methyl/N-ethyl adjacent to an activating group) is 1. The van der Waals surface area contributed by atoms with Crippen molar-refractivity contribution in [2.75, 3.05) is 18.9 Å². The first kappa shape index (κ1) is 12.8. The molecule has 102 valence electrons. The van der Waals surface area contributed by atoms with E-state index in [1.165, 1.54) is 5.56 Å². The largest absolute Gasteiger partial charge is 0.321 e. The summed E-state index contributed by atoms with van der Waals surface area (Å²) in [5.74, 6) is -0.100. The van der Waals surface area contributed by atoms with Gasteiger partial charge in [0.25, 0.3) is 5.91 Å². The van der Waals surface area contributed by atoms with Crippen LogP contribution < -0.4 is 5.32 Å². The molecular formula is C16H17N3O. The molecule has 0 saturated heterocycles. The van der Waals surface area contributed by atoms with E-state index in [9.17, 15) is 4.79 Å². The molecule has 1 aromatic carbocycles. The number of amides is 1. The van der Waals surface area contributed by atoms with Gasteiger partial charge in [-0.1, -0.05) is 18.2 Å². The van der Waals surface area contributed by atoms with Crippen LogP contribution in [0.2, 0.25) is 0 Å². The summed E-state index contributed by atoms with van der Waals surface area (Å²) in [6, 6.07) is 11.2. The van der Waals surface area contributed by atoms with Gasteiger partial charge in [0.15, 0.2) is 0 Å². The van der Waals surface area contributed by atoms with Crippen molar-refractivity contribution >= 4 is 11.6 Å². The summed E-state index contributed by atoms with van der Waals surface area (Å²) in [4.78, 5) is 18.8. The molecule has 1 aliphatic heterocycles. The van der Waals surface area contributed by atoms with E-state index in [-0.39, 0.29) is 5.91 Å². The normalized spacial score (nSPS) is 14.7. The van der Waals surface area contributed by atoms with Crippen molar-refractivity contribution < 1.29 is 4.79 Å². The molecule has 0 unspecified atom stereocenters. The summed E-state index contributed by atoms with van der Waals surface area (Å²) < 4.78 is 0. The second kappa shape index (κ2) is 5.43. The number of nitrogens with one attached hydrogen (secondary N) is 1. The lowest BCUT2D eigenvalue weighted by Crippen LogP contribution is -2.27. The smallest absolute Gasteiger partial charge is 0.255 e. The Balaban J connectivity index is 1.78. The SMILES string of the molecule is CN1CCc2ncc(NC(=O)c3ccccc3)cc2C1. The highest BCUT2D eigenvalue weighted by atomic mass is 16.1. The molecule has 2 heterocycles. The molecule has 1 aromatic heterocycles. The molecule has 0 spiro atoms. The van der Waals surface area contributed by atoms with Crippen LogP contribution in [0.5, 0.6) is 0 Å². The molecule has 0 atom stereocenters. The highest BCUT2D eigenvalue weighted by molar-refractivity contribution is 6.04. The number of rotatable bonds is 2. The fourth-order valence-corrected chi connectivity index (χ4v) is 2.43. The van der Waals surface area contributed by atoms with Crippen LogP contribution in [-0.2, 0) is 13.0 Å². The number of carbonyl (C=O) groups is 1. The van der Waals surface area contributed by atoms with Gasteiger partial charge < -0.3 is 10.2 Å². The summed E-state index contributed by atoms with van der Waals surface area (Å²) in [7, 11) is 2.10. The second-order valence-corrected chi connectivity index (χ2v) is 5.14. The summed E-state index contributed by atoms with van der Waals surface area (Å²) in [5.41, 5.74) is 3.75. The van der Waals surface area contributed by atoms with Crippen molar-refractivity contribution in [3.63, 3.8) is 0 Å². The molecule has 0 fully saturated rings. The van der Waals surface area contributed by atoms with Crippen LogP contribution in [0.25, 0.3) is 0 Å². The van der Waals surface area contributed by atoms with Crippen molar-refractivity contribution in [2.45, 2.75) is 13.0 Å². The minimum absolute atomic E-state index is 0.100. The molecule has 4 nitrogen and oxygen atoms in total. The zero-order chi connectivity index (χ0) is 13.9. The van der Waals surface area contributed by atoms with E-state index in [1.54, 1.807) is 18.3 Å². The van der Waals surface area contributed by atoms with Gasteiger partial charge in [-0.05, 0) is 30.8 Å². The van der Waals surface area contributed by atoms with Gasteiger partial charge in [0.05, 0.1) is 11.9 Å². The number of anilines is 1. The Kier molecular flexibility index (Phi) is 3.48. The van der Waals surface area contributed by atoms with Gasteiger partial charge in [-0.15, -0.1) is 0 Å². The van der Waals surface area contributed by atoms with Crippen molar-refractivity contribution in [3.05, 3.63) is 59.4 Å². The van der Waals surface area contributed by atoms with Crippen LogP contribution in [0.3, 0.4) is 0 Å². The zero-order valence-corrected chi connectivity index (χ0v) is 11.5. The molecule has 4 heteroatoms. The average molecular weight is 267 g/mol. The third kappa shape index (κ3) is 2.70. The number of hydrogen-bond acceptors (Lipinski definition) is 3. The van der Waals surface area contributed by atoms with Crippen LogP contribution in [0.4, 0.5) is 5.69 Å². The zero-order valence-electron chi connectivity index (χ0n) is 11.5. The quantitative estimate of drug-likeness (QED) is 0.908. The lowest BCUT2D eigenvalue weighted by atomic mass is 10.1. The minimum Gasteiger partial charge on any atom is -0.321 e. The van der Waals surface area contributed by atoms with E-state index in [1.807, 2.05) is 24.3 Å². The van der Waals surface area contributed by atoms with Crippen molar-refractivity contribution in [1.82, 2.24) is 9.88 Å². The fourth-order valence-electron chi connectivity index (χ4n) is 2.43. The lowest BCUT2D eigenvalue weighted by Gasteiger charge is -2.24. The van der Waals surface area contributed by atoms with E-state index >= 15 is 0 Å². The highest BCUT2D eigenvalue weighted by Crippen LogP contribution is 2.19. The van der Waals surface area contributed by atoms with Gasteiger partial charge in [-0.2, -0.15) is 0 Å². The molecule has 1 amide bonds. The predicted molar refractivity (Wildman–Crippen MR) is 78.7 cm³/mol. The molecule has 0 saturated carbocycles. The van der Waals surface area contributed by atoms with Gasteiger partial charge in [0.2, 0.25) is 0 Å². The number of aromatic nitrogens is 1.